The number of ether oxygens (including phenoxy) is 2. The molecule has 0 spiro atoms. The molecule has 0 aliphatic heterocycles. The number of hydrogen-bond acceptors (Lipinski definition) is 7. The third-order valence-electron chi connectivity index (χ3n) is 14.7. The lowest BCUT2D eigenvalue weighted by Gasteiger charge is -2.71. The molecule has 9 atom stereocenters. The SMILES string of the molecule is CC1(C)CC[C@]2(C(=O)O)CC[C@]3(C)C(=CCC4[C@@]5(C)CC[C@H](OC(=O)CCC(=O)O)[C@@](C)(COC(=O)CCC(=O)O)C5CC[C@]43C)[C@@H]2C1. The average molecular weight is 673 g/mol. The number of carbonyl (C=O) groups excluding carboxylic acids is 2. The topological polar surface area (TPSA) is 164 Å². The van der Waals surface area contributed by atoms with E-state index in [1.54, 1.807) is 0 Å². The van der Waals surface area contributed by atoms with E-state index in [1.165, 1.54) is 5.57 Å². The van der Waals surface area contributed by atoms with Crippen molar-refractivity contribution in [2.24, 2.45) is 50.2 Å². The molecule has 5 aliphatic carbocycles. The lowest BCUT2D eigenvalue weighted by Crippen LogP contribution is -2.66. The number of fused-ring (bicyclic) bond motifs is 7. The molecule has 5 rings (SSSR count). The predicted molar refractivity (Wildman–Crippen MR) is 176 cm³/mol. The van der Waals surface area contributed by atoms with E-state index in [4.69, 9.17) is 19.7 Å². The van der Waals surface area contributed by atoms with E-state index < -0.39 is 46.8 Å². The van der Waals surface area contributed by atoms with Gasteiger partial charge in [0.25, 0.3) is 0 Å². The van der Waals surface area contributed by atoms with Crippen molar-refractivity contribution in [1.29, 1.82) is 0 Å². The molecule has 4 saturated carbocycles. The maximum absolute atomic E-state index is 13.0. The molecule has 3 N–H and O–H groups in total. The summed E-state index contributed by atoms with van der Waals surface area (Å²) in [5.74, 6) is -3.74. The van der Waals surface area contributed by atoms with Crippen LogP contribution in [0.5, 0.6) is 0 Å². The molecule has 0 heterocycles. The summed E-state index contributed by atoms with van der Waals surface area (Å²) in [5, 5.41) is 28.9. The predicted octanol–water partition coefficient (Wildman–Crippen LogP) is 7.04. The second-order valence-corrected chi connectivity index (χ2v) is 17.6. The summed E-state index contributed by atoms with van der Waals surface area (Å²) >= 11 is 0. The molecule has 5 aliphatic rings. The number of carbonyl (C=O) groups is 5. The minimum atomic E-state index is -1.08. The molecule has 2 unspecified atom stereocenters. The van der Waals surface area contributed by atoms with E-state index in [2.05, 4.69) is 40.7 Å². The Morgan fingerprint density at radius 1 is 0.750 bits per heavy atom. The fourth-order valence-electron chi connectivity index (χ4n) is 11.8. The fraction of sp³-hybridized carbons (Fsp3) is 0.816. The van der Waals surface area contributed by atoms with Crippen LogP contribution in [0.3, 0.4) is 0 Å². The summed E-state index contributed by atoms with van der Waals surface area (Å²) in [6.07, 6.45) is 8.52. The summed E-state index contributed by atoms with van der Waals surface area (Å²) in [4.78, 5) is 60.8. The molecule has 4 fully saturated rings. The number of hydrogen-bond donors (Lipinski definition) is 3. The van der Waals surface area contributed by atoms with E-state index in [0.29, 0.717) is 19.3 Å². The van der Waals surface area contributed by atoms with Crippen LogP contribution in [-0.2, 0) is 33.4 Å². The van der Waals surface area contributed by atoms with Crippen LogP contribution < -0.4 is 0 Å². The number of esters is 2. The molecule has 0 aromatic carbocycles. The van der Waals surface area contributed by atoms with Crippen molar-refractivity contribution < 1.29 is 48.8 Å². The molecule has 48 heavy (non-hydrogen) atoms. The van der Waals surface area contributed by atoms with Gasteiger partial charge in [0.1, 0.15) is 12.7 Å². The maximum atomic E-state index is 13.0. The first-order valence-corrected chi connectivity index (χ1v) is 18.0. The monoisotopic (exact) mass is 672 g/mol. The first-order chi connectivity index (χ1) is 22.2. The summed E-state index contributed by atoms with van der Waals surface area (Å²) in [7, 11) is 0. The highest BCUT2D eigenvalue weighted by atomic mass is 16.6. The third kappa shape index (κ3) is 5.86. The Hall–Kier alpha value is -2.91. The van der Waals surface area contributed by atoms with Crippen molar-refractivity contribution >= 4 is 29.8 Å². The second kappa shape index (κ2) is 12.4. The van der Waals surface area contributed by atoms with Gasteiger partial charge in [0.15, 0.2) is 0 Å². The van der Waals surface area contributed by atoms with Crippen LogP contribution in [0.25, 0.3) is 0 Å². The number of allylic oxidation sites excluding steroid dienone is 2. The van der Waals surface area contributed by atoms with Gasteiger partial charge in [-0.25, -0.2) is 0 Å². The fourth-order valence-corrected chi connectivity index (χ4v) is 11.8. The summed E-state index contributed by atoms with van der Waals surface area (Å²) in [5.41, 5.74) is -0.530. The molecule has 10 heteroatoms. The molecule has 0 saturated heterocycles. The van der Waals surface area contributed by atoms with Gasteiger partial charge in [-0.15, -0.1) is 0 Å². The Morgan fingerprint density at radius 2 is 1.38 bits per heavy atom. The first-order valence-electron chi connectivity index (χ1n) is 18.0. The zero-order valence-corrected chi connectivity index (χ0v) is 29.7. The number of aliphatic carboxylic acids is 3. The lowest BCUT2D eigenvalue weighted by molar-refractivity contribution is -0.227. The highest BCUT2D eigenvalue weighted by Gasteiger charge is 2.70. The van der Waals surface area contributed by atoms with Crippen molar-refractivity contribution in [3.05, 3.63) is 11.6 Å². The van der Waals surface area contributed by atoms with E-state index in [-0.39, 0.29) is 71.7 Å². The van der Waals surface area contributed by atoms with E-state index in [0.717, 1.165) is 44.9 Å². The Labute approximate surface area is 284 Å². The quantitative estimate of drug-likeness (QED) is 0.162. The normalized spacial score (nSPS) is 41.2. The molecule has 0 aromatic rings. The van der Waals surface area contributed by atoms with Crippen LogP contribution in [0.2, 0.25) is 0 Å². The molecule has 0 bridgehead atoms. The highest BCUT2D eigenvalue weighted by molar-refractivity contribution is 5.78. The van der Waals surface area contributed by atoms with Gasteiger partial charge in [0, 0.05) is 5.41 Å². The first kappa shape index (κ1) is 36.4. The van der Waals surface area contributed by atoms with Gasteiger partial charge in [0.05, 0.1) is 31.1 Å². The van der Waals surface area contributed by atoms with E-state index >= 15 is 0 Å². The van der Waals surface area contributed by atoms with Gasteiger partial charge in [-0.1, -0.05) is 53.2 Å². The molecule has 0 radical (unpaired) electrons. The Kier molecular flexibility index (Phi) is 9.43. The molecule has 268 valence electrons. The average Bonchev–Trinajstić information content (AvgIpc) is 2.99. The number of carboxylic acids is 3. The second-order valence-electron chi connectivity index (χ2n) is 17.6. The molecule has 0 amide bonds. The van der Waals surface area contributed by atoms with Crippen molar-refractivity contribution in [3.8, 4) is 0 Å². The molecule has 0 aromatic heterocycles. The molecular formula is C38H56O10. The van der Waals surface area contributed by atoms with Crippen LogP contribution in [-0.4, -0.2) is 57.9 Å². The van der Waals surface area contributed by atoms with Crippen LogP contribution in [0.4, 0.5) is 0 Å². The van der Waals surface area contributed by atoms with Gasteiger partial charge in [0.2, 0.25) is 0 Å². The van der Waals surface area contributed by atoms with Gasteiger partial charge in [-0.05, 0) is 104 Å². The Morgan fingerprint density at radius 3 is 2.00 bits per heavy atom. The zero-order valence-electron chi connectivity index (χ0n) is 29.7. The minimum absolute atomic E-state index is 0.00948. The minimum Gasteiger partial charge on any atom is -0.481 e. The maximum Gasteiger partial charge on any atom is 0.310 e. The Balaban J connectivity index is 1.49. The smallest absolute Gasteiger partial charge is 0.310 e. The zero-order chi connectivity index (χ0) is 35.5. The van der Waals surface area contributed by atoms with Crippen molar-refractivity contribution in [1.82, 2.24) is 0 Å². The van der Waals surface area contributed by atoms with Gasteiger partial charge in [-0.3, -0.25) is 24.0 Å². The third-order valence-corrected chi connectivity index (χ3v) is 14.7. The lowest BCUT2D eigenvalue weighted by atomic mass is 9.33. The summed E-state index contributed by atoms with van der Waals surface area (Å²) in [6, 6.07) is 0. The molecular weight excluding hydrogens is 616 g/mol. The highest BCUT2D eigenvalue weighted by Crippen LogP contribution is 2.76. The number of carboxylic acid groups (broad SMARTS) is 3. The van der Waals surface area contributed by atoms with Crippen LogP contribution in [0, 0.1) is 50.2 Å². The van der Waals surface area contributed by atoms with Gasteiger partial charge < -0.3 is 24.8 Å². The van der Waals surface area contributed by atoms with E-state index in [9.17, 15) is 29.1 Å². The Bertz CT molecular complexity index is 1380. The van der Waals surface area contributed by atoms with E-state index in [1.807, 2.05) is 6.92 Å². The van der Waals surface area contributed by atoms with Gasteiger partial charge in [-0.2, -0.15) is 0 Å². The van der Waals surface area contributed by atoms with Crippen molar-refractivity contribution in [2.75, 3.05) is 6.61 Å². The van der Waals surface area contributed by atoms with Crippen molar-refractivity contribution in [3.63, 3.8) is 0 Å². The van der Waals surface area contributed by atoms with Crippen LogP contribution in [0.1, 0.15) is 131 Å². The van der Waals surface area contributed by atoms with Crippen molar-refractivity contribution in [2.45, 2.75) is 138 Å². The molecule has 10 nitrogen and oxygen atoms in total. The van der Waals surface area contributed by atoms with Gasteiger partial charge >= 0.3 is 29.8 Å². The summed E-state index contributed by atoms with van der Waals surface area (Å²) < 4.78 is 11.8. The van der Waals surface area contributed by atoms with Crippen LogP contribution in [0.15, 0.2) is 11.6 Å². The van der Waals surface area contributed by atoms with Crippen LogP contribution >= 0.6 is 0 Å². The largest absolute Gasteiger partial charge is 0.481 e. The number of rotatable bonds is 10. The summed E-state index contributed by atoms with van der Waals surface area (Å²) in [6.45, 7) is 13.7. The standard InChI is InChI=1S/C38H56O10/c1-33(2)17-19-38(32(45)46)20-18-36(5)23(24(38)21-33)7-8-26-34(3)15-14-27(48-31(44)12-10-29(41)42)35(4,25(34)13-16-37(26,36)6)22-47-30(43)11-9-28(39)40/h7,24-27H,8-22H2,1-6H3,(H,39,40)(H,41,42)(H,45,46)/t24-,25?,26?,27-,34-,35-,36+,37+,38-/m0/s1.